The Bertz CT molecular complexity index is 662. The van der Waals surface area contributed by atoms with Crippen molar-refractivity contribution in [3.05, 3.63) is 67.9 Å². The fourth-order valence-electron chi connectivity index (χ4n) is 1.79. The summed E-state index contributed by atoms with van der Waals surface area (Å²) in [6.45, 7) is 2.00. The second-order valence-corrected chi connectivity index (χ2v) is 5.27. The Hall–Kier alpha value is -1.95. The number of nitro groups is 1. The molecule has 0 aliphatic carbocycles. The van der Waals surface area contributed by atoms with Gasteiger partial charge in [-0.1, -0.05) is 28.1 Å². The highest BCUT2D eigenvalue weighted by Gasteiger charge is 2.11. The van der Waals surface area contributed by atoms with Crippen LogP contribution in [0.1, 0.15) is 11.1 Å². The number of nitrogens with one attached hydrogen (secondary N) is 1. The van der Waals surface area contributed by atoms with E-state index in [9.17, 15) is 14.5 Å². The molecule has 20 heavy (non-hydrogen) atoms. The Morgan fingerprint density at radius 2 is 2.05 bits per heavy atom. The number of benzene rings is 2. The molecular formula is C14H12BrFN2O2. The molecule has 0 saturated heterocycles. The standard InChI is InChI=1S/C14H12BrFN2O2/c1-9-2-3-10(6-14(9)18(19)20)8-17-13-7-11(15)4-5-12(13)16/h2-7,17H,8H2,1H3. The van der Waals surface area contributed by atoms with Gasteiger partial charge in [0.15, 0.2) is 0 Å². The molecular weight excluding hydrogens is 327 g/mol. The van der Waals surface area contributed by atoms with Crippen LogP contribution in [0.5, 0.6) is 0 Å². The van der Waals surface area contributed by atoms with Gasteiger partial charge in [-0.2, -0.15) is 0 Å². The summed E-state index contributed by atoms with van der Waals surface area (Å²) in [6.07, 6.45) is 0. The van der Waals surface area contributed by atoms with Crippen LogP contribution in [-0.2, 0) is 6.54 Å². The van der Waals surface area contributed by atoms with Crippen molar-refractivity contribution in [3.8, 4) is 0 Å². The molecule has 0 aliphatic rings. The van der Waals surface area contributed by atoms with Gasteiger partial charge >= 0.3 is 0 Å². The Balaban J connectivity index is 2.17. The molecule has 0 bridgehead atoms. The number of halogens is 2. The molecule has 0 atom stereocenters. The molecule has 0 aromatic heterocycles. The molecule has 2 rings (SSSR count). The highest BCUT2D eigenvalue weighted by Crippen LogP contribution is 2.23. The molecule has 0 fully saturated rings. The van der Waals surface area contributed by atoms with Crippen LogP contribution in [0.15, 0.2) is 40.9 Å². The van der Waals surface area contributed by atoms with E-state index in [2.05, 4.69) is 21.2 Å². The molecule has 1 N–H and O–H groups in total. The molecule has 0 aliphatic heterocycles. The number of nitro benzene ring substituents is 1. The number of hydrogen-bond acceptors (Lipinski definition) is 3. The number of anilines is 1. The normalized spacial score (nSPS) is 10.3. The molecule has 2 aromatic carbocycles. The van der Waals surface area contributed by atoms with Crippen molar-refractivity contribution in [1.29, 1.82) is 0 Å². The van der Waals surface area contributed by atoms with E-state index in [4.69, 9.17) is 0 Å². The molecule has 0 radical (unpaired) electrons. The van der Waals surface area contributed by atoms with E-state index in [0.29, 0.717) is 17.8 Å². The van der Waals surface area contributed by atoms with Gasteiger partial charge in [-0.05, 0) is 30.7 Å². The zero-order chi connectivity index (χ0) is 14.7. The average molecular weight is 339 g/mol. The predicted octanol–water partition coefficient (Wildman–Crippen LogP) is 4.42. The van der Waals surface area contributed by atoms with Gasteiger partial charge < -0.3 is 5.32 Å². The molecule has 0 saturated carbocycles. The first-order valence-electron chi connectivity index (χ1n) is 5.90. The molecule has 104 valence electrons. The molecule has 2 aromatic rings. The van der Waals surface area contributed by atoms with Crippen LogP contribution in [0.3, 0.4) is 0 Å². The van der Waals surface area contributed by atoms with Crippen LogP contribution in [0, 0.1) is 22.9 Å². The lowest BCUT2D eigenvalue weighted by Gasteiger charge is -2.08. The predicted molar refractivity (Wildman–Crippen MR) is 79.3 cm³/mol. The zero-order valence-electron chi connectivity index (χ0n) is 10.7. The number of aryl methyl sites for hydroxylation is 1. The van der Waals surface area contributed by atoms with Crippen LogP contribution in [-0.4, -0.2) is 4.92 Å². The smallest absolute Gasteiger partial charge is 0.272 e. The average Bonchev–Trinajstić information content (AvgIpc) is 2.41. The quantitative estimate of drug-likeness (QED) is 0.663. The van der Waals surface area contributed by atoms with Gasteiger partial charge in [0.05, 0.1) is 10.6 Å². The first-order valence-corrected chi connectivity index (χ1v) is 6.69. The Morgan fingerprint density at radius 3 is 2.75 bits per heavy atom. The van der Waals surface area contributed by atoms with Gasteiger partial charge in [-0.25, -0.2) is 4.39 Å². The third kappa shape index (κ3) is 3.33. The van der Waals surface area contributed by atoms with Crippen LogP contribution in [0.2, 0.25) is 0 Å². The van der Waals surface area contributed by atoms with E-state index < -0.39 is 4.92 Å². The monoisotopic (exact) mass is 338 g/mol. The number of rotatable bonds is 4. The summed E-state index contributed by atoms with van der Waals surface area (Å²) in [6, 6.07) is 9.55. The Morgan fingerprint density at radius 1 is 1.30 bits per heavy atom. The maximum absolute atomic E-state index is 13.6. The van der Waals surface area contributed by atoms with Gasteiger partial charge in [0.1, 0.15) is 5.82 Å². The van der Waals surface area contributed by atoms with Crippen molar-refractivity contribution in [2.45, 2.75) is 13.5 Å². The van der Waals surface area contributed by atoms with Crippen molar-refractivity contribution < 1.29 is 9.31 Å². The van der Waals surface area contributed by atoms with Gasteiger partial charge in [-0.15, -0.1) is 0 Å². The lowest BCUT2D eigenvalue weighted by Crippen LogP contribution is -2.02. The highest BCUT2D eigenvalue weighted by molar-refractivity contribution is 9.10. The van der Waals surface area contributed by atoms with Gasteiger partial charge in [0.25, 0.3) is 5.69 Å². The summed E-state index contributed by atoms with van der Waals surface area (Å²) in [5, 5.41) is 13.8. The van der Waals surface area contributed by atoms with Crippen molar-refractivity contribution in [1.82, 2.24) is 0 Å². The second-order valence-electron chi connectivity index (χ2n) is 4.36. The minimum Gasteiger partial charge on any atom is -0.379 e. The van der Waals surface area contributed by atoms with Crippen LogP contribution in [0.25, 0.3) is 0 Å². The van der Waals surface area contributed by atoms with Crippen molar-refractivity contribution in [3.63, 3.8) is 0 Å². The maximum atomic E-state index is 13.6. The Labute approximate surface area is 123 Å². The van der Waals surface area contributed by atoms with Gasteiger partial charge in [0, 0.05) is 22.6 Å². The van der Waals surface area contributed by atoms with Crippen molar-refractivity contribution in [2.24, 2.45) is 0 Å². The molecule has 4 nitrogen and oxygen atoms in total. The molecule has 0 spiro atoms. The van der Waals surface area contributed by atoms with Crippen molar-refractivity contribution >= 4 is 27.3 Å². The number of hydrogen-bond donors (Lipinski definition) is 1. The van der Waals surface area contributed by atoms with Gasteiger partial charge in [0.2, 0.25) is 0 Å². The SMILES string of the molecule is Cc1ccc(CNc2cc(Br)ccc2F)cc1[N+](=O)[O-]. The van der Waals surface area contributed by atoms with Gasteiger partial charge in [-0.3, -0.25) is 10.1 Å². The third-order valence-corrected chi connectivity index (χ3v) is 3.37. The summed E-state index contributed by atoms with van der Waals surface area (Å²) in [5.41, 5.74) is 1.75. The topological polar surface area (TPSA) is 55.2 Å². The zero-order valence-corrected chi connectivity index (χ0v) is 12.3. The summed E-state index contributed by atoms with van der Waals surface area (Å²) in [7, 11) is 0. The molecule has 0 amide bonds. The second kappa shape index (κ2) is 6.00. The molecule has 6 heteroatoms. The summed E-state index contributed by atoms with van der Waals surface area (Å²) >= 11 is 3.27. The van der Waals surface area contributed by atoms with E-state index in [1.807, 2.05) is 0 Å². The fourth-order valence-corrected chi connectivity index (χ4v) is 2.15. The molecule has 0 unspecified atom stereocenters. The van der Waals surface area contributed by atoms with Crippen LogP contribution in [0.4, 0.5) is 15.8 Å². The molecule has 0 heterocycles. The Kier molecular flexibility index (Phi) is 4.34. The fraction of sp³-hybridized carbons (Fsp3) is 0.143. The summed E-state index contributed by atoms with van der Waals surface area (Å²) < 4.78 is 14.3. The third-order valence-electron chi connectivity index (χ3n) is 2.88. The van der Waals surface area contributed by atoms with Crippen LogP contribution < -0.4 is 5.32 Å². The van der Waals surface area contributed by atoms with E-state index in [-0.39, 0.29) is 11.5 Å². The van der Waals surface area contributed by atoms with E-state index >= 15 is 0 Å². The first-order chi connectivity index (χ1) is 9.47. The number of nitrogens with zero attached hydrogens (tertiary/aromatic N) is 1. The minimum atomic E-state index is -0.418. The maximum Gasteiger partial charge on any atom is 0.272 e. The first kappa shape index (κ1) is 14.5. The van der Waals surface area contributed by atoms with E-state index in [1.54, 1.807) is 31.2 Å². The summed E-state index contributed by atoms with van der Waals surface area (Å²) in [5.74, 6) is -0.366. The van der Waals surface area contributed by atoms with E-state index in [0.717, 1.165) is 10.0 Å². The largest absolute Gasteiger partial charge is 0.379 e. The van der Waals surface area contributed by atoms with Crippen LogP contribution >= 0.6 is 15.9 Å². The summed E-state index contributed by atoms with van der Waals surface area (Å²) in [4.78, 5) is 10.4. The van der Waals surface area contributed by atoms with Crippen molar-refractivity contribution in [2.75, 3.05) is 5.32 Å². The minimum absolute atomic E-state index is 0.0685. The lowest BCUT2D eigenvalue weighted by atomic mass is 10.1. The van der Waals surface area contributed by atoms with E-state index in [1.165, 1.54) is 12.1 Å². The lowest BCUT2D eigenvalue weighted by molar-refractivity contribution is -0.385. The highest BCUT2D eigenvalue weighted by atomic mass is 79.9.